The van der Waals surface area contributed by atoms with Crippen molar-refractivity contribution < 1.29 is 9.18 Å². The molecular formula is C14H8Cl2FN5OS. The van der Waals surface area contributed by atoms with Gasteiger partial charge in [-0.15, -0.1) is 0 Å². The second-order valence-corrected chi connectivity index (χ2v) is 6.24. The summed E-state index contributed by atoms with van der Waals surface area (Å²) in [4.78, 5) is 19.7. The van der Waals surface area contributed by atoms with Gasteiger partial charge in [0.2, 0.25) is 5.91 Å². The molecule has 24 heavy (non-hydrogen) atoms. The van der Waals surface area contributed by atoms with Crippen LogP contribution >= 0.6 is 34.5 Å². The summed E-state index contributed by atoms with van der Waals surface area (Å²) in [5, 5.41) is 7.51. The number of aromatic nitrogens is 4. The van der Waals surface area contributed by atoms with Crippen LogP contribution < -0.4 is 5.32 Å². The highest BCUT2D eigenvalue weighted by atomic mass is 35.5. The van der Waals surface area contributed by atoms with Gasteiger partial charge in [-0.3, -0.25) is 10.1 Å². The lowest BCUT2D eigenvalue weighted by Crippen LogP contribution is -2.06. The smallest absolute Gasteiger partial charge is 0.249 e. The van der Waals surface area contributed by atoms with Crippen molar-refractivity contribution >= 4 is 45.6 Å². The summed E-state index contributed by atoms with van der Waals surface area (Å²) < 4.78 is 15.3. The van der Waals surface area contributed by atoms with Crippen LogP contribution in [0.2, 0.25) is 10.0 Å². The highest BCUT2D eigenvalue weighted by Gasteiger charge is 2.20. The molecule has 0 radical (unpaired) electrons. The van der Waals surface area contributed by atoms with E-state index in [0.717, 1.165) is 17.4 Å². The Balaban J connectivity index is 2.17. The molecule has 3 aromatic rings. The lowest BCUT2D eigenvalue weighted by Gasteiger charge is -2.05. The number of halogens is 3. The number of anilines is 1. The number of benzene rings is 1. The van der Waals surface area contributed by atoms with Gasteiger partial charge >= 0.3 is 0 Å². The van der Waals surface area contributed by atoms with Crippen molar-refractivity contribution in [3.63, 3.8) is 0 Å². The van der Waals surface area contributed by atoms with Crippen LogP contribution in [0.25, 0.3) is 16.3 Å². The third-order valence-electron chi connectivity index (χ3n) is 2.92. The molecule has 0 saturated heterocycles. The fourth-order valence-electron chi connectivity index (χ4n) is 1.87. The lowest BCUT2D eigenvalue weighted by atomic mass is 10.1. The molecule has 1 amide bonds. The molecule has 2 heterocycles. The molecule has 0 aliphatic carbocycles. The van der Waals surface area contributed by atoms with Gasteiger partial charge in [0.1, 0.15) is 29.2 Å². The van der Waals surface area contributed by atoms with E-state index in [1.54, 1.807) is 0 Å². The largest absolute Gasteiger partial charge is 0.298 e. The van der Waals surface area contributed by atoms with Crippen molar-refractivity contribution in [1.29, 1.82) is 0 Å². The first-order chi connectivity index (χ1) is 11.5. The zero-order valence-corrected chi connectivity index (χ0v) is 14.2. The van der Waals surface area contributed by atoms with Crippen molar-refractivity contribution in [2.75, 3.05) is 5.32 Å². The molecule has 0 aliphatic rings. The molecule has 0 fully saturated rings. The van der Waals surface area contributed by atoms with Crippen LogP contribution in [0.1, 0.15) is 0 Å². The van der Waals surface area contributed by atoms with E-state index < -0.39 is 11.7 Å². The minimum Gasteiger partial charge on any atom is -0.298 e. The normalized spacial score (nSPS) is 10.6. The third-order valence-corrected chi connectivity index (χ3v) is 4.48. The minimum atomic E-state index is -0.634. The second-order valence-electron chi connectivity index (χ2n) is 4.45. The van der Waals surface area contributed by atoms with Gasteiger partial charge in [-0.25, -0.2) is 19.0 Å². The first-order valence-electron chi connectivity index (χ1n) is 6.43. The van der Waals surface area contributed by atoms with E-state index in [1.165, 1.54) is 29.5 Å². The molecule has 122 valence electrons. The van der Waals surface area contributed by atoms with Crippen molar-refractivity contribution in [3.05, 3.63) is 53.3 Å². The Bertz CT molecular complexity index is 926. The highest BCUT2D eigenvalue weighted by molar-refractivity contribution is 7.18. The van der Waals surface area contributed by atoms with Gasteiger partial charge in [-0.2, -0.15) is 5.10 Å². The van der Waals surface area contributed by atoms with Crippen LogP contribution in [0.3, 0.4) is 0 Å². The number of thiazole rings is 1. The maximum absolute atomic E-state index is 13.9. The summed E-state index contributed by atoms with van der Waals surface area (Å²) in [7, 11) is 0. The number of nitrogens with zero attached hydrogens (tertiary/aromatic N) is 4. The summed E-state index contributed by atoms with van der Waals surface area (Å²) in [5.41, 5.74) is 0.657. The van der Waals surface area contributed by atoms with Crippen LogP contribution in [0.4, 0.5) is 9.52 Å². The van der Waals surface area contributed by atoms with Crippen LogP contribution in [0, 0.1) is 5.82 Å². The van der Waals surface area contributed by atoms with Gasteiger partial charge in [-0.1, -0.05) is 41.1 Å². The zero-order valence-electron chi connectivity index (χ0n) is 11.8. The topological polar surface area (TPSA) is 72.7 Å². The average Bonchev–Trinajstić information content (AvgIpc) is 3.20. The molecule has 3 rings (SSSR count). The number of amides is 1. The monoisotopic (exact) mass is 383 g/mol. The number of nitrogens with one attached hydrogen (secondary N) is 1. The van der Waals surface area contributed by atoms with Crippen molar-refractivity contribution in [2.24, 2.45) is 0 Å². The molecular weight excluding hydrogens is 376 g/mol. The van der Waals surface area contributed by atoms with E-state index >= 15 is 0 Å². The van der Waals surface area contributed by atoms with Crippen LogP contribution in [-0.2, 0) is 4.79 Å². The molecule has 0 saturated carbocycles. The Morgan fingerprint density at radius 2 is 2.17 bits per heavy atom. The number of hydrogen-bond acceptors (Lipinski definition) is 5. The minimum absolute atomic E-state index is 0.0959. The molecule has 6 nitrogen and oxygen atoms in total. The Kier molecular flexibility index (Phi) is 4.61. The fourth-order valence-corrected chi connectivity index (χ4v) is 3.25. The van der Waals surface area contributed by atoms with Gasteiger partial charge < -0.3 is 0 Å². The zero-order chi connectivity index (χ0) is 17.3. The molecule has 10 heteroatoms. The number of carbonyl (C=O) groups excluding carboxylic acids is 1. The summed E-state index contributed by atoms with van der Waals surface area (Å²) in [5.74, 6) is -1.06. The van der Waals surface area contributed by atoms with Gasteiger partial charge in [0, 0.05) is 5.56 Å². The van der Waals surface area contributed by atoms with Gasteiger partial charge in [0.05, 0.1) is 10.0 Å². The van der Waals surface area contributed by atoms with E-state index in [1.807, 2.05) is 0 Å². The van der Waals surface area contributed by atoms with Crippen LogP contribution in [0.5, 0.6) is 0 Å². The average molecular weight is 384 g/mol. The van der Waals surface area contributed by atoms with E-state index in [2.05, 4.69) is 27.0 Å². The van der Waals surface area contributed by atoms with Gasteiger partial charge in [-0.05, 0) is 18.2 Å². The first-order valence-corrected chi connectivity index (χ1v) is 8.01. The van der Waals surface area contributed by atoms with Gasteiger partial charge in [0.25, 0.3) is 0 Å². The number of rotatable bonds is 4. The summed E-state index contributed by atoms with van der Waals surface area (Å²) >= 11 is 13.0. The van der Waals surface area contributed by atoms with Gasteiger partial charge in [0.15, 0.2) is 5.13 Å². The molecule has 0 spiro atoms. The summed E-state index contributed by atoms with van der Waals surface area (Å²) in [6.07, 6.45) is 3.91. The number of carbonyl (C=O) groups is 1. The van der Waals surface area contributed by atoms with Crippen LogP contribution in [0.15, 0.2) is 37.4 Å². The highest BCUT2D eigenvalue weighted by Crippen LogP contribution is 2.39. The Hall–Kier alpha value is -2.29. The molecule has 0 aliphatic heterocycles. The van der Waals surface area contributed by atoms with E-state index in [9.17, 15) is 9.18 Å². The molecule has 1 aromatic carbocycles. The number of hydrogen-bond donors (Lipinski definition) is 1. The van der Waals surface area contributed by atoms with Crippen molar-refractivity contribution in [3.8, 4) is 16.3 Å². The maximum Gasteiger partial charge on any atom is 0.249 e. The van der Waals surface area contributed by atoms with E-state index in [-0.39, 0.29) is 15.2 Å². The van der Waals surface area contributed by atoms with E-state index in [4.69, 9.17) is 23.2 Å². The summed E-state index contributed by atoms with van der Waals surface area (Å²) in [6, 6.07) is 2.47. The first kappa shape index (κ1) is 16.6. The lowest BCUT2D eigenvalue weighted by molar-refractivity contribution is -0.111. The molecule has 1 N–H and O–H groups in total. The van der Waals surface area contributed by atoms with Crippen LogP contribution in [-0.4, -0.2) is 25.7 Å². The molecule has 2 aromatic heterocycles. The molecule has 0 bridgehead atoms. The van der Waals surface area contributed by atoms with Crippen molar-refractivity contribution in [2.45, 2.75) is 0 Å². The maximum atomic E-state index is 13.9. The Morgan fingerprint density at radius 1 is 1.38 bits per heavy atom. The SMILES string of the molecule is C=CC(=O)Nc1nc(-c2cc(F)c(Cl)cc2Cl)c(-n2cncn2)s1. The Labute approximate surface area is 149 Å². The standard InChI is InChI=1S/C14H8Cl2FN5OS/c1-2-11(23)20-14-21-12(13(24-14)22-6-18-5-19-22)7-3-10(17)9(16)4-8(7)15/h2-6H,1H2,(H,20,21,23). The second kappa shape index (κ2) is 6.68. The predicted molar refractivity (Wildman–Crippen MR) is 91.3 cm³/mol. The third kappa shape index (κ3) is 3.16. The fraction of sp³-hybridized carbons (Fsp3) is 0. The Morgan fingerprint density at radius 3 is 2.83 bits per heavy atom. The predicted octanol–water partition coefficient (Wildman–Crippen LogP) is 3.96. The quantitative estimate of drug-likeness (QED) is 0.546. The molecule has 0 unspecified atom stereocenters. The summed E-state index contributed by atoms with van der Waals surface area (Å²) in [6.45, 7) is 3.38. The van der Waals surface area contributed by atoms with E-state index in [0.29, 0.717) is 16.3 Å². The molecule has 0 atom stereocenters. The van der Waals surface area contributed by atoms with Crippen molar-refractivity contribution in [1.82, 2.24) is 19.7 Å².